The molecule has 5 heteroatoms. The van der Waals surface area contributed by atoms with E-state index in [9.17, 15) is 9.90 Å². The fraction of sp³-hybridized carbons (Fsp3) is 0.308. The molecule has 18 heavy (non-hydrogen) atoms. The second-order valence-electron chi connectivity index (χ2n) is 4.09. The highest BCUT2D eigenvalue weighted by molar-refractivity contribution is 5.95. The Morgan fingerprint density at radius 1 is 1.50 bits per heavy atom. The SMILES string of the molecule is COCC(=O)n1cc(CCN)c2cc(O)ccc21. The molecule has 3 N–H and O–H groups in total. The van der Waals surface area contributed by atoms with Gasteiger partial charge in [0.05, 0.1) is 5.52 Å². The van der Waals surface area contributed by atoms with Crippen LogP contribution in [0.2, 0.25) is 0 Å². The van der Waals surface area contributed by atoms with Crippen LogP contribution >= 0.6 is 0 Å². The van der Waals surface area contributed by atoms with Crippen molar-refractivity contribution in [1.29, 1.82) is 0 Å². The van der Waals surface area contributed by atoms with E-state index >= 15 is 0 Å². The summed E-state index contributed by atoms with van der Waals surface area (Å²) in [5.41, 5.74) is 7.27. The highest BCUT2D eigenvalue weighted by atomic mass is 16.5. The first-order valence-electron chi connectivity index (χ1n) is 5.72. The second kappa shape index (κ2) is 5.20. The maximum atomic E-state index is 11.9. The molecule has 1 aromatic carbocycles. The number of nitrogens with two attached hydrogens (primary N) is 1. The third-order valence-corrected chi connectivity index (χ3v) is 2.82. The zero-order valence-corrected chi connectivity index (χ0v) is 10.2. The number of rotatable bonds is 4. The average molecular weight is 248 g/mol. The van der Waals surface area contributed by atoms with Crippen LogP contribution in [0.3, 0.4) is 0 Å². The van der Waals surface area contributed by atoms with Gasteiger partial charge < -0.3 is 15.6 Å². The van der Waals surface area contributed by atoms with Crippen LogP contribution in [0.25, 0.3) is 10.9 Å². The van der Waals surface area contributed by atoms with E-state index in [0.717, 1.165) is 16.5 Å². The molecule has 0 aliphatic heterocycles. The van der Waals surface area contributed by atoms with Crippen molar-refractivity contribution in [2.75, 3.05) is 20.3 Å². The fourth-order valence-electron chi connectivity index (χ4n) is 2.04. The van der Waals surface area contributed by atoms with Gasteiger partial charge in [-0.15, -0.1) is 0 Å². The number of ether oxygens (including phenoxy) is 1. The molecule has 0 fully saturated rings. The Morgan fingerprint density at radius 2 is 2.28 bits per heavy atom. The van der Waals surface area contributed by atoms with Crippen LogP contribution in [-0.2, 0) is 11.2 Å². The molecule has 0 radical (unpaired) electrons. The van der Waals surface area contributed by atoms with Gasteiger partial charge in [-0.05, 0) is 36.7 Å². The van der Waals surface area contributed by atoms with E-state index in [0.29, 0.717) is 13.0 Å². The molecule has 1 heterocycles. The average Bonchev–Trinajstić information content (AvgIpc) is 2.69. The highest BCUT2D eigenvalue weighted by Gasteiger charge is 2.13. The minimum atomic E-state index is -0.142. The van der Waals surface area contributed by atoms with Crippen molar-refractivity contribution < 1.29 is 14.6 Å². The molecule has 0 aliphatic rings. The molecule has 0 saturated heterocycles. The predicted molar refractivity (Wildman–Crippen MR) is 68.9 cm³/mol. The Hall–Kier alpha value is -1.85. The molecule has 5 nitrogen and oxygen atoms in total. The van der Waals surface area contributed by atoms with Crippen molar-refractivity contribution in [1.82, 2.24) is 4.57 Å². The van der Waals surface area contributed by atoms with E-state index in [1.165, 1.54) is 7.11 Å². The van der Waals surface area contributed by atoms with Crippen molar-refractivity contribution in [3.63, 3.8) is 0 Å². The summed E-state index contributed by atoms with van der Waals surface area (Å²) >= 11 is 0. The first-order valence-corrected chi connectivity index (χ1v) is 5.72. The molecule has 0 amide bonds. The van der Waals surface area contributed by atoms with E-state index in [2.05, 4.69) is 0 Å². The van der Waals surface area contributed by atoms with Crippen molar-refractivity contribution in [2.45, 2.75) is 6.42 Å². The van der Waals surface area contributed by atoms with Crippen LogP contribution in [-0.4, -0.2) is 35.8 Å². The van der Waals surface area contributed by atoms with Gasteiger partial charge in [0.25, 0.3) is 5.91 Å². The maximum absolute atomic E-state index is 11.9. The van der Waals surface area contributed by atoms with Crippen molar-refractivity contribution >= 4 is 16.8 Å². The van der Waals surface area contributed by atoms with Crippen LogP contribution < -0.4 is 5.73 Å². The van der Waals surface area contributed by atoms with Gasteiger partial charge in [-0.2, -0.15) is 0 Å². The number of benzene rings is 1. The summed E-state index contributed by atoms with van der Waals surface area (Å²) in [6.45, 7) is 0.514. The van der Waals surface area contributed by atoms with Crippen molar-refractivity contribution in [2.24, 2.45) is 5.73 Å². The number of aromatic hydroxyl groups is 1. The Bertz CT molecular complexity index is 575. The number of carbonyl (C=O) groups excluding carboxylic acids is 1. The monoisotopic (exact) mass is 248 g/mol. The van der Waals surface area contributed by atoms with Crippen LogP contribution in [0.4, 0.5) is 0 Å². The molecular weight excluding hydrogens is 232 g/mol. The molecule has 0 bridgehead atoms. The normalized spacial score (nSPS) is 11.0. The molecular formula is C13H16N2O3. The van der Waals surface area contributed by atoms with Crippen molar-refractivity contribution in [3.05, 3.63) is 30.0 Å². The standard InChI is InChI=1S/C13H16N2O3/c1-18-8-13(17)15-7-9(4-5-14)11-6-10(16)2-3-12(11)15/h2-3,6-7,16H,4-5,8,14H2,1H3. The lowest BCUT2D eigenvalue weighted by Gasteiger charge is -2.02. The quantitative estimate of drug-likeness (QED) is 0.850. The summed E-state index contributed by atoms with van der Waals surface area (Å²) in [6, 6.07) is 4.93. The molecule has 0 aliphatic carbocycles. The number of hydrogen-bond acceptors (Lipinski definition) is 4. The summed E-state index contributed by atoms with van der Waals surface area (Å²) in [6.07, 6.45) is 2.42. The zero-order chi connectivity index (χ0) is 13.1. The van der Waals surface area contributed by atoms with Crippen LogP contribution in [0.5, 0.6) is 5.75 Å². The van der Waals surface area contributed by atoms with Gasteiger partial charge in [-0.1, -0.05) is 0 Å². The minimum absolute atomic E-state index is 0.0206. The van der Waals surface area contributed by atoms with Crippen LogP contribution in [0.1, 0.15) is 10.4 Å². The van der Waals surface area contributed by atoms with E-state index in [-0.39, 0.29) is 18.3 Å². The van der Waals surface area contributed by atoms with Gasteiger partial charge in [-0.3, -0.25) is 9.36 Å². The van der Waals surface area contributed by atoms with Crippen molar-refractivity contribution in [3.8, 4) is 5.75 Å². The number of carbonyl (C=O) groups is 1. The Kier molecular flexibility index (Phi) is 3.64. The minimum Gasteiger partial charge on any atom is -0.508 e. The first kappa shape index (κ1) is 12.6. The van der Waals surface area contributed by atoms with Crippen LogP contribution in [0, 0.1) is 0 Å². The number of hydrogen-bond donors (Lipinski definition) is 2. The number of fused-ring (bicyclic) bond motifs is 1. The number of methoxy groups -OCH3 is 1. The Morgan fingerprint density at radius 3 is 2.94 bits per heavy atom. The molecule has 0 unspecified atom stereocenters. The topological polar surface area (TPSA) is 77.5 Å². The number of phenolic OH excluding ortho intramolecular Hbond substituents is 1. The van der Waals surface area contributed by atoms with Gasteiger partial charge in [-0.25, -0.2) is 0 Å². The molecule has 1 aromatic heterocycles. The van der Waals surface area contributed by atoms with Gasteiger partial charge >= 0.3 is 0 Å². The lowest BCUT2D eigenvalue weighted by molar-refractivity contribution is 0.0767. The smallest absolute Gasteiger partial charge is 0.257 e. The Balaban J connectivity index is 2.57. The first-order chi connectivity index (χ1) is 8.67. The number of nitrogens with zero attached hydrogens (tertiary/aromatic N) is 1. The molecule has 2 aromatic rings. The molecule has 0 saturated carbocycles. The summed E-state index contributed by atoms with van der Waals surface area (Å²) < 4.78 is 6.40. The van der Waals surface area contributed by atoms with Gasteiger partial charge in [0, 0.05) is 18.7 Å². The Labute approximate surface area is 105 Å². The molecule has 0 atom stereocenters. The molecule has 2 rings (SSSR count). The van der Waals surface area contributed by atoms with Gasteiger partial charge in [0.1, 0.15) is 12.4 Å². The lowest BCUT2D eigenvalue weighted by Crippen LogP contribution is -2.15. The highest BCUT2D eigenvalue weighted by Crippen LogP contribution is 2.25. The number of phenols is 1. The van der Waals surface area contributed by atoms with E-state index in [1.807, 2.05) is 0 Å². The fourth-order valence-corrected chi connectivity index (χ4v) is 2.04. The predicted octanol–water partition coefficient (Wildman–Crippen LogP) is 1.13. The lowest BCUT2D eigenvalue weighted by atomic mass is 10.1. The van der Waals surface area contributed by atoms with E-state index < -0.39 is 0 Å². The summed E-state index contributed by atoms with van der Waals surface area (Å²) in [5.74, 6) is 0.0363. The number of aromatic nitrogens is 1. The zero-order valence-electron chi connectivity index (χ0n) is 10.2. The summed E-state index contributed by atoms with van der Waals surface area (Å²) in [4.78, 5) is 11.9. The van der Waals surface area contributed by atoms with Gasteiger partial charge in [0.2, 0.25) is 0 Å². The third-order valence-electron chi connectivity index (χ3n) is 2.82. The maximum Gasteiger partial charge on any atom is 0.257 e. The largest absolute Gasteiger partial charge is 0.508 e. The van der Waals surface area contributed by atoms with E-state index in [4.69, 9.17) is 10.5 Å². The van der Waals surface area contributed by atoms with Gasteiger partial charge in [0.15, 0.2) is 0 Å². The van der Waals surface area contributed by atoms with Crippen LogP contribution in [0.15, 0.2) is 24.4 Å². The third kappa shape index (κ3) is 2.23. The summed E-state index contributed by atoms with van der Waals surface area (Å²) in [7, 11) is 1.48. The van der Waals surface area contributed by atoms with E-state index in [1.54, 1.807) is 29.0 Å². The second-order valence-corrected chi connectivity index (χ2v) is 4.09. The molecule has 96 valence electrons. The molecule has 0 spiro atoms. The summed E-state index contributed by atoms with van der Waals surface area (Å²) in [5, 5.41) is 10.4.